The van der Waals surface area contributed by atoms with Gasteiger partial charge in [-0.05, 0) is 32.0 Å². The Balaban J connectivity index is 2.25. The number of ether oxygens (including phenoxy) is 1. The van der Waals surface area contributed by atoms with E-state index >= 15 is 0 Å². The van der Waals surface area contributed by atoms with E-state index in [0.717, 1.165) is 10.7 Å². The first kappa shape index (κ1) is 15.5. The first-order valence-corrected chi connectivity index (χ1v) is 7.38. The van der Waals surface area contributed by atoms with Gasteiger partial charge in [0, 0.05) is 10.9 Å². The molecule has 0 aliphatic carbocycles. The number of hydroxylamine groups is 2. The minimum absolute atomic E-state index is 0.227. The summed E-state index contributed by atoms with van der Waals surface area (Å²) in [4.78, 5) is 22.3. The molecule has 0 saturated heterocycles. The van der Waals surface area contributed by atoms with Gasteiger partial charge < -0.3 is 4.74 Å². The zero-order valence-electron chi connectivity index (χ0n) is 12.5. The van der Waals surface area contributed by atoms with E-state index in [-0.39, 0.29) is 11.9 Å². The minimum Gasteiger partial charge on any atom is -0.497 e. The third-order valence-electron chi connectivity index (χ3n) is 3.13. The topological polar surface area (TPSA) is 51.7 Å². The fraction of sp³-hybridized carbons (Fsp3) is 0.333. The van der Waals surface area contributed by atoms with Gasteiger partial charge in [0.25, 0.3) is 5.91 Å². The van der Waals surface area contributed by atoms with Crippen molar-refractivity contribution in [3.05, 3.63) is 45.9 Å². The zero-order chi connectivity index (χ0) is 15.4. The molecule has 5 nitrogen and oxygen atoms in total. The molecule has 0 saturated carbocycles. The molecule has 0 spiro atoms. The van der Waals surface area contributed by atoms with Gasteiger partial charge in [-0.2, -0.15) is 0 Å². The number of hydrogen-bond acceptors (Lipinski definition) is 5. The summed E-state index contributed by atoms with van der Waals surface area (Å²) in [5.74, 6) is 0.406. The normalized spacial score (nSPS) is 12.0. The molecule has 112 valence electrons. The van der Waals surface area contributed by atoms with Crippen LogP contribution >= 0.6 is 11.3 Å². The summed E-state index contributed by atoms with van der Waals surface area (Å²) >= 11 is 1.55. The van der Waals surface area contributed by atoms with Crippen LogP contribution < -0.4 is 4.74 Å². The van der Waals surface area contributed by atoms with Gasteiger partial charge in [0.2, 0.25) is 0 Å². The van der Waals surface area contributed by atoms with Gasteiger partial charge >= 0.3 is 0 Å². The number of carbonyl (C=O) groups excluding carboxylic acids is 1. The molecule has 1 aromatic carbocycles. The summed E-state index contributed by atoms with van der Waals surface area (Å²) in [5, 5.41) is 4.22. The van der Waals surface area contributed by atoms with Gasteiger partial charge in [0.1, 0.15) is 5.75 Å². The van der Waals surface area contributed by atoms with Crippen molar-refractivity contribution in [2.24, 2.45) is 0 Å². The van der Waals surface area contributed by atoms with E-state index in [1.165, 1.54) is 12.2 Å². The lowest BCUT2D eigenvalue weighted by atomic mass is 10.1. The highest BCUT2D eigenvalue weighted by Crippen LogP contribution is 2.24. The Morgan fingerprint density at radius 3 is 2.71 bits per heavy atom. The number of benzene rings is 1. The molecule has 0 bridgehead atoms. The van der Waals surface area contributed by atoms with Crippen LogP contribution in [-0.2, 0) is 4.84 Å². The van der Waals surface area contributed by atoms with Gasteiger partial charge in [0.05, 0.1) is 31.0 Å². The van der Waals surface area contributed by atoms with E-state index in [1.807, 2.05) is 19.2 Å². The lowest BCUT2D eigenvalue weighted by Gasteiger charge is -2.25. The quantitative estimate of drug-likeness (QED) is 0.796. The van der Waals surface area contributed by atoms with Crippen LogP contribution in [0.25, 0.3) is 0 Å². The van der Waals surface area contributed by atoms with E-state index in [1.54, 1.807) is 42.7 Å². The molecule has 0 N–H and O–H groups in total. The van der Waals surface area contributed by atoms with Crippen molar-refractivity contribution in [1.29, 1.82) is 0 Å². The molecule has 2 rings (SSSR count). The van der Waals surface area contributed by atoms with Crippen molar-refractivity contribution in [3.8, 4) is 5.75 Å². The van der Waals surface area contributed by atoms with Crippen molar-refractivity contribution >= 4 is 17.2 Å². The predicted octanol–water partition coefficient (Wildman–Crippen LogP) is 3.22. The highest BCUT2D eigenvalue weighted by Gasteiger charge is 2.25. The van der Waals surface area contributed by atoms with Crippen molar-refractivity contribution < 1.29 is 14.4 Å². The van der Waals surface area contributed by atoms with Crippen molar-refractivity contribution in [2.75, 3.05) is 14.2 Å². The molecule has 2 aromatic rings. The maximum atomic E-state index is 12.6. The van der Waals surface area contributed by atoms with Crippen LogP contribution in [0.3, 0.4) is 0 Å². The first-order valence-electron chi connectivity index (χ1n) is 6.50. The number of thiazole rings is 1. The van der Waals surface area contributed by atoms with Gasteiger partial charge in [-0.25, -0.2) is 10.0 Å². The SMILES string of the molecule is COc1cccc(C(=O)N(OC)C(C)c2csc(C)n2)c1. The lowest BCUT2D eigenvalue weighted by molar-refractivity contribution is -0.121. The summed E-state index contributed by atoms with van der Waals surface area (Å²) in [6, 6.07) is 6.72. The number of rotatable bonds is 5. The Kier molecular flexibility index (Phi) is 4.93. The maximum absolute atomic E-state index is 12.6. The maximum Gasteiger partial charge on any atom is 0.278 e. The molecule has 1 amide bonds. The number of aryl methyl sites for hydroxylation is 1. The number of nitrogens with zero attached hydrogens (tertiary/aromatic N) is 2. The van der Waals surface area contributed by atoms with Gasteiger partial charge in [-0.3, -0.25) is 9.63 Å². The molecule has 1 unspecified atom stereocenters. The van der Waals surface area contributed by atoms with E-state index in [2.05, 4.69) is 4.98 Å². The number of amides is 1. The number of methoxy groups -OCH3 is 1. The molecule has 0 fully saturated rings. The molecule has 0 aliphatic heterocycles. The average Bonchev–Trinajstić information content (AvgIpc) is 2.94. The summed E-state index contributed by atoms with van der Waals surface area (Å²) in [5.41, 5.74) is 1.32. The Labute approximate surface area is 128 Å². The van der Waals surface area contributed by atoms with Gasteiger partial charge in [0.15, 0.2) is 0 Å². The third kappa shape index (κ3) is 3.40. The summed E-state index contributed by atoms with van der Waals surface area (Å²) in [7, 11) is 3.05. The molecular formula is C15H18N2O3S. The molecule has 0 radical (unpaired) electrons. The first-order chi connectivity index (χ1) is 10.1. The number of aromatic nitrogens is 1. The van der Waals surface area contributed by atoms with E-state index in [9.17, 15) is 4.79 Å². The summed E-state index contributed by atoms with van der Waals surface area (Å²) < 4.78 is 5.14. The Morgan fingerprint density at radius 1 is 1.38 bits per heavy atom. The molecule has 6 heteroatoms. The van der Waals surface area contributed by atoms with Crippen molar-refractivity contribution in [3.63, 3.8) is 0 Å². The summed E-state index contributed by atoms with van der Waals surface area (Å²) in [6.45, 7) is 3.82. The van der Waals surface area contributed by atoms with Crippen molar-refractivity contribution in [2.45, 2.75) is 19.9 Å². The predicted molar refractivity (Wildman–Crippen MR) is 81.4 cm³/mol. The van der Waals surface area contributed by atoms with Crippen LogP contribution in [0, 0.1) is 6.92 Å². The molecule has 1 aromatic heterocycles. The fourth-order valence-corrected chi connectivity index (χ4v) is 2.69. The van der Waals surface area contributed by atoms with Crippen LogP contribution in [-0.4, -0.2) is 30.2 Å². The zero-order valence-corrected chi connectivity index (χ0v) is 13.3. The van der Waals surface area contributed by atoms with Crippen LogP contribution in [0.5, 0.6) is 5.75 Å². The van der Waals surface area contributed by atoms with Crippen LogP contribution in [0.15, 0.2) is 29.6 Å². The molecule has 21 heavy (non-hydrogen) atoms. The highest BCUT2D eigenvalue weighted by molar-refractivity contribution is 7.09. The Morgan fingerprint density at radius 2 is 2.14 bits per heavy atom. The van der Waals surface area contributed by atoms with Gasteiger partial charge in [-0.15, -0.1) is 11.3 Å². The van der Waals surface area contributed by atoms with Crippen LogP contribution in [0.4, 0.5) is 0 Å². The van der Waals surface area contributed by atoms with E-state index in [0.29, 0.717) is 11.3 Å². The Bertz CT molecular complexity index is 627. The Hall–Kier alpha value is -1.92. The van der Waals surface area contributed by atoms with Crippen LogP contribution in [0.1, 0.15) is 34.0 Å². The second kappa shape index (κ2) is 6.69. The summed E-state index contributed by atoms with van der Waals surface area (Å²) in [6.07, 6.45) is 0. The van der Waals surface area contributed by atoms with E-state index < -0.39 is 0 Å². The monoisotopic (exact) mass is 306 g/mol. The average molecular weight is 306 g/mol. The van der Waals surface area contributed by atoms with Gasteiger partial charge in [-0.1, -0.05) is 6.07 Å². The lowest BCUT2D eigenvalue weighted by Crippen LogP contribution is -2.32. The largest absolute Gasteiger partial charge is 0.497 e. The highest BCUT2D eigenvalue weighted by atomic mass is 32.1. The van der Waals surface area contributed by atoms with Crippen LogP contribution in [0.2, 0.25) is 0 Å². The van der Waals surface area contributed by atoms with Crippen molar-refractivity contribution in [1.82, 2.24) is 10.0 Å². The molecule has 0 aliphatic rings. The smallest absolute Gasteiger partial charge is 0.278 e. The molecule has 1 heterocycles. The van der Waals surface area contributed by atoms with E-state index in [4.69, 9.17) is 9.57 Å². The molecular weight excluding hydrogens is 288 g/mol. The number of hydrogen-bond donors (Lipinski definition) is 0. The number of carbonyl (C=O) groups is 1. The second-order valence-electron chi connectivity index (χ2n) is 4.51. The second-order valence-corrected chi connectivity index (χ2v) is 5.58. The standard InChI is InChI=1S/C15H18N2O3S/c1-10(14-9-21-11(2)16-14)17(20-4)15(18)12-6-5-7-13(8-12)19-3/h5-10H,1-4H3. The minimum atomic E-state index is -0.265. The molecule has 1 atom stereocenters. The fourth-order valence-electron chi connectivity index (χ4n) is 1.99. The third-order valence-corrected chi connectivity index (χ3v) is 3.92.